The molecule has 1 rings (SSSR count). The van der Waals surface area contributed by atoms with Crippen LogP contribution in [0.5, 0.6) is 0 Å². The van der Waals surface area contributed by atoms with Crippen molar-refractivity contribution in [3.8, 4) is 0 Å². The van der Waals surface area contributed by atoms with Crippen molar-refractivity contribution in [3.05, 3.63) is 30.3 Å². The number of carbonyl (C=O) groups excluding carboxylic acids is 1. The second-order valence-corrected chi connectivity index (χ2v) is 6.88. The lowest BCUT2D eigenvalue weighted by Crippen LogP contribution is -2.05. The molecule has 0 aliphatic heterocycles. The Morgan fingerprint density at radius 2 is 1.57 bits per heavy atom. The summed E-state index contributed by atoms with van der Waals surface area (Å²) >= 11 is 1.80. The lowest BCUT2D eigenvalue weighted by molar-refractivity contribution is -0.110. The number of thioether (sulfide) groups is 1. The largest absolute Gasteiger partial charge is 0.303 e. The first kappa shape index (κ1) is 18.3. The summed E-state index contributed by atoms with van der Waals surface area (Å²) in [7, 11) is 0. The van der Waals surface area contributed by atoms with Gasteiger partial charge >= 0.3 is 0 Å². The highest BCUT2D eigenvalue weighted by atomic mass is 32.2. The van der Waals surface area contributed by atoms with Crippen LogP contribution < -0.4 is 0 Å². The molecule has 1 unspecified atom stereocenters. The van der Waals surface area contributed by atoms with Gasteiger partial charge < -0.3 is 4.79 Å². The number of unbranched alkanes of at least 4 members (excludes halogenated alkanes) is 7. The molecule has 0 heterocycles. The fourth-order valence-electron chi connectivity index (χ4n) is 2.45. The summed E-state index contributed by atoms with van der Waals surface area (Å²) in [6.45, 7) is 2.26. The second kappa shape index (κ2) is 12.9. The van der Waals surface area contributed by atoms with Gasteiger partial charge in [-0.1, -0.05) is 76.5 Å². The van der Waals surface area contributed by atoms with Crippen LogP contribution in [0, 0.1) is 5.92 Å². The molecule has 0 saturated heterocycles. The van der Waals surface area contributed by atoms with E-state index in [1.807, 2.05) is 6.07 Å². The summed E-state index contributed by atoms with van der Waals surface area (Å²) in [4.78, 5) is 12.4. The van der Waals surface area contributed by atoms with Crippen molar-refractivity contribution in [1.82, 2.24) is 0 Å². The number of aldehydes is 1. The molecule has 1 aromatic rings. The fraction of sp³-hybridized carbons (Fsp3) is 0.632. The van der Waals surface area contributed by atoms with Crippen molar-refractivity contribution in [2.24, 2.45) is 5.92 Å². The van der Waals surface area contributed by atoms with E-state index in [9.17, 15) is 4.79 Å². The molecule has 0 bridgehead atoms. The van der Waals surface area contributed by atoms with Gasteiger partial charge in [0, 0.05) is 16.6 Å². The van der Waals surface area contributed by atoms with E-state index >= 15 is 0 Å². The molecule has 1 atom stereocenters. The van der Waals surface area contributed by atoms with E-state index < -0.39 is 0 Å². The van der Waals surface area contributed by atoms with Crippen molar-refractivity contribution in [1.29, 1.82) is 0 Å². The number of benzene rings is 1. The van der Waals surface area contributed by atoms with Crippen molar-refractivity contribution >= 4 is 18.0 Å². The molecule has 0 spiro atoms. The molecule has 2 heteroatoms. The molecular weight excluding hydrogens is 276 g/mol. The van der Waals surface area contributed by atoms with Gasteiger partial charge in [0.2, 0.25) is 0 Å². The molecule has 0 saturated carbocycles. The summed E-state index contributed by atoms with van der Waals surface area (Å²) in [5.41, 5.74) is 0. The van der Waals surface area contributed by atoms with E-state index in [1.165, 1.54) is 56.3 Å². The van der Waals surface area contributed by atoms with Crippen LogP contribution in [-0.2, 0) is 4.79 Å². The van der Waals surface area contributed by atoms with E-state index in [4.69, 9.17) is 0 Å². The first-order chi connectivity index (χ1) is 10.4. The van der Waals surface area contributed by atoms with E-state index in [-0.39, 0.29) is 5.92 Å². The van der Waals surface area contributed by atoms with Gasteiger partial charge in [0.25, 0.3) is 0 Å². The Labute approximate surface area is 134 Å². The Bertz CT molecular complexity index is 350. The average Bonchev–Trinajstić information content (AvgIpc) is 2.54. The van der Waals surface area contributed by atoms with Gasteiger partial charge in [0.1, 0.15) is 6.29 Å². The summed E-state index contributed by atoms with van der Waals surface area (Å²) in [6, 6.07) is 10.4. The SMILES string of the molecule is CCCCCCCCCCC(C=O)CSc1ccccc1. The van der Waals surface area contributed by atoms with Crippen molar-refractivity contribution < 1.29 is 4.79 Å². The van der Waals surface area contributed by atoms with Gasteiger partial charge in [-0.15, -0.1) is 11.8 Å². The Kier molecular flexibility index (Phi) is 11.3. The van der Waals surface area contributed by atoms with Crippen LogP contribution in [0.25, 0.3) is 0 Å². The monoisotopic (exact) mass is 306 g/mol. The Balaban J connectivity index is 2.02. The molecule has 0 amide bonds. The van der Waals surface area contributed by atoms with Gasteiger partial charge in [-0.05, 0) is 18.6 Å². The normalized spacial score (nSPS) is 12.2. The Morgan fingerprint density at radius 1 is 0.952 bits per heavy atom. The standard InChI is InChI=1S/C19H30OS/c1-2-3-4-5-6-7-8-10-13-18(16-20)17-21-19-14-11-9-12-15-19/h9,11-12,14-16,18H,2-8,10,13,17H2,1H3. The third kappa shape index (κ3) is 9.73. The molecule has 0 aromatic heterocycles. The molecule has 118 valence electrons. The molecule has 0 fully saturated rings. The smallest absolute Gasteiger partial charge is 0.123 e. The molecule has 0 aliphatic rings. The molecule has 1 aromatic carbocycles. The maximum Gasteiger partial charge on any atom is 0.123 e. The maximum atomic E-state index is 11.2. The lowest BCUT2D eigenvalue weighted by Gasteiger charge is -2.09. The molecular formula is C19H30OS. The third-order valence-corrected chi connectivity index (χ3v) is 5.03. The predicted molar refractivity (Wildman–Crippen MR) is 93.9 cm³/mol. The highest BCUT2D eigenvalue weighted by Crippen LogP contribution is 2.22. The van der Waals surface area contributed by atoms with Gasteiger partial charge in [0.15, 0.2) is 0 Å². The van der Waals surface area contributed by atoms with Gasteiger partial charge in [-0.2, -0.15) is 0 Å². The second-order valence-electron chi connectivity index (χ2n) is 5.78. The Morgan fingerprint density at radius 3 is 2.19 bits per heavy atom. The zero-order chi connectivity index (χ0) is 15.2. The van der Waals surface area contributed by atoms with Crippen LogP contribution in [0.2, 0.25) is 0 Å². The number of hydrogen-bond acceptors (Lipinski definition) is 2. The lowest BCUT2D eigenvalue weighted by atomic mass is 10.0. The van der Waals surface area contributed by atoms with Crippen LogP contribution >= 0.6 is 11.8 Å². The van der Waals surface area contributed by atoms with Crippen LogP contribution in [-0.4, -0.2) is 12.0 Å². The van der Waals surface area contributed by atoms with Crippen LogP contribution in [0.1, 0.15) is 64.7 Å². The topological polar surface area (TPSA) is 17.1 Å². The van der Waals surface area contributed by atoms with E-state index in [1.54, 1.807) is 11.8 Å². The van der Waals surface area contributed by atoms with Crippen LogP contribution in [0.15, 0.2) is 35.2 Å². The highest BCUT2D eigenvalue weighted by Gasteiger charge is 2.07. The summed E-state index contributed by atoms with van der Waals surface area (Å²) in [5.74, 6) is 1.14. The summed E-state index contributed by atoms with van der Waals surface area (Å²) < 4.78 is 0. The van der Waals surface area contributed by atoms with E-state index in [0.717, 1.165) is 18.5 Å². The number of carbonyl (C=O) groups is 1. The predicted octanol–water partition coefficient (Wildman–Crippen LogP) is 6.12. The van der Waals surface area contributed by atoms with Gasteiger partial charge in [-0.25, -0.2) is 0 Å². The first-order valence-corrected chi connectivity index (χ1v) is 9.48. The fourth-order valence-corrected chi connectivity index (χ4v) is 3.45. The van der Waals surface area contributed by atoms with E-state index in [0.29, 0.717) is 0 Å². The molecule has 0 N–H and O–H groups in total. The van der Waals surface area contributed by atoms with Gasteiger partial charge in [0.05, 0.1) is 0 Å². The maximum absolute atomic E-state index is 11.2. The molecule has 21 heavy (non-hydrogen) atoms. The van der Waals surface area contributed by atoms with E-state index in [2.05, 4.69) is 31.2 Å². The van der Waals surface area contributed by atoms with Crippen molar-refractivity contribution in [2.75, 3.05) is 5.75 Å². The summed E-state index contributed by atoms with van der Waals surface area (Å²) in [5, 5.41) is 0. The molecule has 1 nitrogen and oxygen atoms in total. The third-order valence-electron chi connectivity index (χ3n) is 3.83. The zero-order valence-electron chi connectivity index (χ0n) is 13.4. The van der Waals surface area contributed by atoms with Crippen LogP contribution in [0.3, 0.4) is 0 Å². The zero-order valence-corrected chi connectivity index (χ0v) is 14.2. The number of rotatable bonds is 13. The Hall–Kier alpha value is -0.760. The average molecular weight is 307 g/mol. The number of hydrogen-bond donors (Lipinski definition) is 0. The quantitative estimate of drug-likeness (QED) is 0.248. The first-order valence-electron chi connectivity index (χ1n) is 8.50. The molecule has 0 aliphatic carbocycles. The van der Waals surface area contributed by atoms with Crippen LogP contribution in [0.4, 0.5) is 0 Å². The van der Waals surface area contributed by atoms with Gasteiger partial charge in [-0.3, -0.25) is 0 Å². The van der Waals surface area contributed by atoms with Crippen molar-refractivity contribution in [3.63, 3.8) is 0 Å². The summed E-state index contributed by atoms with van der Waals surface area (Å²) in [6.07, 6.45) is 12.9. The minimum atomic E-state index is 0.218. The molecule has 0 radical (unpaired) electrons. The highest BCUT2D eigenvalue weighted by molar-refractivity contribution is 7.99. The minimum Gasteiger partial charge on any atom is -0.303 e. The van der Waals surface area contributed by atoms with Crippen molar-refractivity contribution in [2.45, 2.75) is 69.6 Å². The minimum absolute atomic E-state index is 0.218.